The third-order valence-electron chi connectivity index (χ3n) is 4.36. The van der Waals surface area contributed by atoms with Gasteiger partial charge in [-0.05, 0) is 50.3 Å². The number of para-hydroxylation sites is 1. The molecule has 1 aliphatic carbocycles. The number of rotatable bonds is 3. The fourth-order valence-corrected chi connectivity index (χ4v) is 3.11. The van der Waals surface area contributed by atoms with Crippen LogP contribution < -0.4 is 11.5 Å². The topological polar surface area (TPSA) is 97.8 Å². The molecule has 1 amide bonds. The van der Waals surface area contributed by atoms with E-state index in [0.717, 1.165) is 43.6 Å². The standard InChI is InChI=1S/C15H20N4O/c16-8-9-4-6-10(7-5-9)15-18-12-3-1-2-11(14(17)20)13(12)19-15/h1-3,9-10H,4-8,16H2,(H2,17,20)(H,18,19). The van der Waals surface area contributed by atoms with E-state index in [9.17, 15) is 4.79 Å². The highest BCUT2D eigenvalue weighted by Crippen LogP contribution is 2.35. The molecule has 106 valence electrons. The summed E-state index contributed by atoms with van der Waals surface area (Å²) < 4.78 is 0. The van der Waals surface area contributed by atoms with Crippen LogP contribution in [0.2, 0.25) is 0 Å². The van der Waals surface area contributed by atoms with Crippen LogP contribution in [0.25, 0.3) is 11.0 Å². The van der Waals surface area contributed by atoms with Crippen molar-refractivity contribution in [3.05, 3.63) is 29.6 Å². The number of nitrogens with zero attached hydrogens (tertiary/aromatic N) is 1. The molecule has 0 unspecified atom stereocenters. The van der Waals surface area contributed by atoms with E-state index >= 15 is 0 Å². The van der Waals surface area contributed by atoms with Crippen LogP contribution in [0.4, 0.5) is 0 Å². The normalized spacial score (nSPS) is 23.1. The number of hydrogen-bond donors (Lipinski definition) is 3. The molecule has 1 fully saturated rings. The van der Waals surface area contributed by atoms with Crippen molar-refractivity contribution in [2.24, 2.45) is 17.4 Å². The quantitative estimate of drug-likeness (QED) is 0.795. The number of aromatic nitrogens is 2. The number of nitrogens with two attached hydrogens (primary N) is 2. The van der Waals surface area contributed by atoms with E-state index in [2.05, 4.69) is 9.97 Å². The van der Waals surface area contributed by atoms with Gasteiger partial charge in [0.25, 0.3) is 5.91 Å². The first kappa shape index (κ1) is 13.1. The summed E-state index contributed by atoms with van der Waals surface area (Å²) >= 11 is 0. The molecular weight excluding hydrogens is 252 g/mol. The average Bonchev–Trinajstić information content (AvgIpc) is 2.90. The van der Waals surface area contributed by atoms with E-state index in [1.54, 1.807) is 6.07 Å². The van der Waals surface area contributed by atoms with Crippen LogP contribution in [0.15, 0.2) is 18.2 Å². The van der Waals surface area contributed by atoms with Gasteiger partial charge in [-0.2, -0.15) is 0 Å². The summed E-state index contributed by atoms with van der Waals surface area (Å²) in [6, 6.07) is 5.49. The fraction of sp³-hybridized carbons (Fsp3) is 0.467. The summed E-state index contributed by atoms with van der Waals surface area (Å²) in [7, 11) is 0. The zero-order chi connectivity index (χ0) is 14.1. The Morgan fingerprint density at radius 2 is 2.05 bits per heavy atom. The summed E-state index contributed by atoms with van der Waals surface area (Å²) in [5.74, 6) is 1.63. The molecule has 5 nitrogen and oxygen atoms in total. The Bertz CT molecular complexity index is 626. The molecule has 1 saturated carbocycles. The number of imidazole rings is 1. The molecule has 1 aromatic carbocycles. The molecule has 1 aromatic heterocycles. The zero-order valence-corrected chi connectivity index (χ0v) is 11.4. The predicted molar refractivity (Wildman–Crippen MR) is 78.4 cm³/mol. The number of carbonyl (C=O) groups excluding carboxylic acids is 1. The van der Waals surface area contributed by atoms with E-state index in [1.807, 2.05) is 12.1 Å². The first-order valence-electron chi connectivity index (χ1n) is 7.17. The maximum atomic E-state index is 11.4. The molecule has 0 radical (unpaired) electrons. The van der Waals surface area contributed by atoms with Gasteiger partial charge in [0.2, 0.25) is 0 Å². The minimum Gasteiger partial charge on any atom is -0.366 e. The summed E-state index contributed by atoms with van der Waals surface area (Å²) in [5.41, 5.74) is 13.2. The van der Waals surface area contributed by atoms with Crippen LogP contribution in [0, 0.1) is 5.92 Å². The van der Waals surface area contributed by atoms with Crippen LogP contribution in [0.1, 0.15) is 47.8 Å². The number of amides is 1. The van der Waals surface area contributed by atoms with Gasteiger partial charge < -0.3 is 16.5 Å². The Labute approximate surface area is 117 Å². The van der Waals surface area contributed by atoms with Crippen molar-refractivity contribution in [3.63, 3.8) is 0 Å². The van der Waals surface area contributed by atoms with Crippen molar-refractivity contribution in [1.82, 2.24) is 9.97 Å². The molecule has 20 heavy (non-hydrogen) atoms. The number of fused-ring (bicyclic) bond motifs is 1. The highest BCUT2D eigenvalue weighted by molar-refractivity contribution is 6.04. The second-order valence-corrected chi connectivity index (χ2v) is 5.64. The third-order valence-corrected chi connectivity index (χ3v) is 4.36. The van der Waals surface area contributed by atoms with Crippen LogP contribution in [-0.2, 0) is 0 Å². The Morgan fingerprint density at radius 1 is 1.30 bits per heavy atom. The fourth-order valence-electron chi connectivity index (χ4n) is 3.11. The first-order valence-corrected chi connectivity index (χ1v) is 7.17. The highest BCUT2D eigenvalue weighted by atomic mass is 16.1. The molecule has 1 heterocycles. The van der Waals surface area contributed by atoms with E-state index in [0.29, 0.717) is 22.9 Å². The van der Waals surface area contributed by atoms with Gasteiger partial charge in [-0.25, -0.2) is 4.98 Å². The number of primary amides is 1. The monoisotopic (exact) mass is 272 g/mol. The van der Waals surface area contributed by atoms with Gasteiger partial charge in [-0.3, -0.25) is 4.79 Å². The van der Waals surface area contributed by atoms with Crippen molar-refractivity contribution in [2.45, 2.75) is 31.6 Å². The van der Waals surface area contributed by atoms with Gasteiger partial charge >= 0.3 is 0 Å². The predicted octanol–water partition coefficient (Wildman–Crippen LogP) is 1.89. The molecule has 0 atom stereocenters. The van der Waals surface area contributed by atoms with Crippen LogP contribution in [0.3, 0.4) is 0 Å². The molecule has 5 heteroatoms. The summed E-state index contributed by atoms with van der Waals surface area (Å²) in [6.45, 7) is 0.776. The van der Waals surface area contributed by atoms with E-state index in [1.165, 1.54) is 0 Å². The SMILES string of the molecule is NCC1CCC(c2nc3c(C(N)=O)cccc3[nH]2)CC1. The Hall–Kier alpha value is -1.88. The molecule has 3 rings (SSSR count). The summed E-state index contributed by atoms with van der Waals surface area (Å²) in [5, 5.41) is 0. The lowest BCUT2D eigenvalue weighted by atomic mass is 9.82. The first-order chi connectivity index (χ1) is 9.69. The van der Waals surface area contributed by atoms with Gasteiger partial charge in [0, 0.05) is 5.92 Å². The number of H-pyrrole nitrogens is 1. The molecule has 0 aliphatic heterocycles. The van der Waals surface area contributed by atoms with Crippen molar-refractivity contribution in [1.29, 1.82) is 0 Å². The van der Waals surface area contributed by atoms with E-state index in [-0.39, 0.29) is 0 Å². The maximum absolute atomic E-state index is 11.4. The number of hydrogen-bond acceptors (Lipinski definition) is 3. The van der Waals surface area contributed by atoms with Gasteiger partial charge in [0.1, 0.15) is 11.3 Å². The highest BCUT2D eigenvalue weighted by Gasteiger charge is 2.24. The third kappa shape index (κ3) is 2.29. The minimum atomic E-state index is -0.430. The van der Waals surface area contributed by atoms with Crippen LogP contribution in [0.5, 0.6) is 0 Å². The van der Waals surface area contributed by atoms with Crippen molar-refractivity contribution >= 4 is 16.9 Å². The number of aromatic amines is 1. The van der Waals surface area contributed by atoms with Crippen molar-refractivity contribution in [3.8, 4) is 0 Å². The van der Waals surface area contributed by atoms with Crippen LogP contribution in [-0.4, -0.2) is 22.4 Å². The molecule has 1 aliphatic rings. The Kier molecular flexibility index (Phi) is 3.44. The second-order valence-electron chi connectivity index (χ2n) is 5.64. The maximum Gasteiger partial charge on any atom is 0.250 e. The van der Waals surface area contributed by atoms with Crippen molar-refractivity contribution in [2.75, 3.05) is 6.54 Å². The molecule has 0 saturated heterocycles. The van der Waals surface area contributed by atoms with E-state index < -0.39 is 5.91 Å². The van der Waals surface area contributed by atoms with Gasteiger partial charge in [0.15, 0.2) is 0 Å². The summed E-state index contributed by atoms with van der Waals surface area (Å²) in [6.07, 6.45) is 4.52. The number of benzene rings is 1. The summed E-state index contributed by atoms with van der Waals surface area (Å²) in [4.78, 5) is 19.4. The Balaban J connectivity index is 1.90. The molecule has 5 N–H and O–H groups in total. The van der Waals surface area contributed by atoms with E-state index in [4.69, 9.17) is 11.5 Å². The number of carbonyl (C=O) groups is 1. The van der Waals surface area contributed by atoms with Gasteiger partial charge in [0.05, 0.1) is 11.1 Å². The molecule has 2 aromatic rings. The second kappa shape index (κ2) is 5.25. The lowest BCUT2D eigenvalue weighted by molar-refractivity contribution is 0.100. The van der Waals surface area contributed by atoms with Gasteiger partial charge in [-0.15, -0.1) is 0 Å². The minimum absolute atomic E-state index is 0.430. The average molecular weight is 272 g/mol. The lowest BCUT2D eigenvalue weighted by Crippen LogP contribution is -2.21. The molecular formula is C15H20N4O. The number of nitrogens with one attached hydrogen (secondary N) is 1. The smallest absolute Gasteiger partial charge is 0.250 e. The van der Waals surface area contributed by atoms with Crippen molar-refractivity contribution < 1.29 is 4.79 Å². The molecule has 0 spiro atoms. The molecule has 0 bridgehead atoms. The largest absolute Gasteiger partial charge is 0.366 e. The Morgan fingerprint density at radius 3 is 2.70 bits per heavy atom. The van der Waals surface area contributed by atoms with Gasteiger partial charge in [-0.1, -0.05) is 6.07 Å². The van der Waals surface area contributed by atoms with Crippen LogP contribution >= 0.6 is 0 Å². The lowest BCUT2D eigenvalue weighted by Gasteiger charge is -2.26. The zero-order valence-electron chi connectivity index (χ0n) is 11.4.